The van der Waals surface area contributed by atoms with Crippen LogP contribution >= 0.6 is 0 Å². The third kappa shape index (κ3) is 3.05. The molecule has 1 heterocycles. The number of rotatable bonds is 2. The second-order valence-electron chi connectivity index (χ2n) is 6.43. The van der Waals surface area contributed by atoms with Crippen molar-refractivity contribution in [2.24, 2.45) is 23.7 Å². The molecule has 0 aromatic rings. The predicted molar refractivity (Wildman–Crippen MR) is 74.3 cm³/mol. The van der Waals surface area contributed by atoms with Gasteiger partial charge >= 0.3 is 0 Å². The van der Waals surface area contributed by atoms with Crippen LogP contribution < -0.4 is 10.6 Å². The summed E-state index contributed by atoms with van der Waals surface area (Å²) in [6.07, 6.45) is 6.40. The van der Waals surface area contributed by atoms with Gasteiger partial charge in [-0.1, -0.05) is 20.3 Å². The van der Waals surface area contributed by atoms with Crippen molar-refractivity contribution in [3.8, 4) is 0 Å². The first-order chi connectivity index (χ1) is 8.61. The molecule has 5 unspecified atom stereocenters. The van der Waals surface area contributed by atoms with Gasteiger partial charge in [-0.25, -0.2) is 0 Å². The minimum Gasteiger partial charge on any atom is -0.358 e. The number of hydrogen-bond donors (Lipinski definition) is 2. The van der Waals surface area contributed by atoms with Gasteiger partial charge < -0.3 is 10.6 Å². The summed E-state index contributed by atoms with van der Waals surface area (Å²) >= 11 is 0. The van der Waals surface area contributed by atoms with Crippen molar-refractivity contribution in [2.45, 2.75) is 52.0 Å². The minimum absolute atomic E-state index is 0.0448. The normalized spacial score (nSPS) is 41.4. The molecule has 2 fully saturated rings. The first-order valence-electron chi connectivity index (χ1n) is 7.56. The summed E-state index contributed by atoms with van der Waals surface area (Å²) in [6, 6.07) is 0.0448. The Labute approximate surface area is 111 Å². The average molecular weight is 252 g/mol. The Balaban J connectivity index is 1.90. The van der Waals surface area contributed by atoms with E-state index in [2.05, 4.69) is 24.5 Å². The fourth-order valence-corrected chi connectivity index (χ4v) is 3.77. The minimum atomic E-state index is 0.0448. The Morgan fingerprint density at radius 3 is 2.44 bits per heavy atom. The maximum Gasteiger partial charge on any atom is 0.236 e. The lowest BCUT2D eigenvalue weighted by atomic mass is 9.68. The fourth-order valence-electron chi connectivity index (χ4n) is 3.77. The Bertz CT molecular complexity index is 292. The lowest BCUT2D eigenvalue weighted by Crippen LogP contribution is -2.49. The van der Waals surface area contributed by atoms with Crippen LogP contribution in [-0.2, 0) is 4.79 Å². The highest BCUT2D eigenvalue weighted by Crippen LogP contribution is 2.40. The third-order valence-corrected chi connectivity index (χ3v) is 5.31. The Morgan fingerprint density at radius 1 is 1.06 bits per heavy atom. The quantitative estimate of drug-likeness (QED) is 0.791. The van der Waals surface area contributed by atoms with E-state index >= 15 is 0 Å². The van der Waals surface area contributed by atoms with Crippen LogP contribution in [0.2, 0.25) is 0 Å². The van der Waals surface area contributed by atoms with E-state index in [1.54, 1.807) is 7.05 Å². The fraction of sp³-hybridized carbons (Fsp3) is 0.933. The lowest BCUT2D eigenvalue weighted by Gasteiger charge is -2.40. The third-order valence-electron chi connectivity index (χ3n) is 5.31. The highest BCUT2D eigenvalue weighted by molar-refractivity contribution is 5.81. The molecule has 3 heteroatoms. The van der Waals surface area contributed by atoms with Crippen LogP contribution in [0.1, 0.15) is 46.0 Å². The molecule has 0 spiro atoms. The molecule has 1 amide bonds. The molecule has 3 nitrogen and oxygen atoms in total. The summed E-state index contributed by atoms with van der Waals surface area (Å²) < 4.78 is 0. The van der Waals surface area contributed by atoms with Gasteiger partial charge in [0.2, 0.25) is 5.91 Å². The summed E-state index contributed by atoms with van der Waals surface area (Å²) in [4.78, 5) is 11.7. The molecular weight excluding hydrogens is 224 g/mol. The van der Waals surface area contributed by atoms with Crippen molar-refractivity contribution in [1.82, 2.24) is 10.6 Å². The molecule has 2 rings (SSSR count). The van der Waals surface area contributed by atoms with E-state index in [0.717, 1.165) is 36.6 Å². The van der Waals surface area contributed by atoms with Gasteiger partial charge in [0.1, 0.15) is 0 Å². The molecule has 0 radical (unpaired) electrons. The number of hydrogen-bond acceptors (Lipinski definition) is 2. The SMILES string of the molecule is CNC(=O)C1CC(C2CCC(C)C(C)C2)CCN1. The molecule has 0 aromatic heterocycles. The second kappa shape index (κ2) is 6.05. The topological polar surface area (TPSA) is 41.1 Å². The van der Waals surface area contributed by atoms with Crippen LogP contribution in [0.5, 0.6) is 0 Å². The number of carbonyl (C=O) groups is 1. The van der Waals surface area contributed by atoms with Gasteiger partial charge in [-0.3, -0.25) is 4.79 Å². The van der Waals surface area contributed by atoms with Crippen LogP contribution in [0.25, 0.3) is 0 Å². The summed E-state index contributed by atoms with van der Waals surface area (Å²) in [7, 11) is 1.73. The lowest BCUT2D eigenvalue weighted by molar-refractivity contribution is -0.123. The highest BCUT2D eigenvalue weighted by Gasteiger charge is 2.34. The number of likely N-dealkylation sites (N-methyl/N-ethyl adjacent to an activating group) is 1. The predicted octanol–water partition coefficient (Wildman–Crippen LogP) is 2.17. The molecule has 104 valence electrons. The van der Waals surface area contributed by atoms with Crippen molar-refractivity contribution in [3.63, 3.8) is 0 Å². The van der Waals surface area contributed by atoms with Crippen molar-refractivity contribution >= 4 is 5.91 Å². The van der Waals surface area contributed by atoms with Gasteiger partial charge in [-0.05, 0) is 55.9 Å². The maximum absolute atomic E-state index is 11.7. The number of amides is 1. The zero-order valence-corrected chi connectivity index (χ0v) is 12.0. The average Bonchev–Trinajstić information content (AvgIpc) is 2.41. The summed E-state index contributed by atoms with van der Waals surface area (Å²) in [5.41, 5.74) is 0. The van der Waals surface area contributed by atoms with Crippen LogP contribution in [0, 0.1) is 23.7 Å². The van der Waals surface area contributed by atoms with E-state index in [1.807, 2.05) is 0 Å². The second-order valence-corrected chi connectivity index (χ2v) is 6.43. The molecule has 1 aliphatic heterocycles. The largest absolute Gasteiger partial charge is 0.358 e. The van der Waals surface area contributed by atoms with Gasteiger partial charge in [0.15, 0.2) is 0 Å². The molecule has 1 aliphatic carbocycles. The van der Waals surface area contributed by atoms with E-state index in [1.165, 1.54) is 25.7 Å². The van der Waals surface area contributed by atoms with E-state index in [-0.39, 0.29) is 11.9 Å². The van der Waals surface area contributed by atoms with Crippen molar-refractivity contribution in [1.29, 1.82) is 0 Å². The highest BCUT2D eigenvalue weighted by atomic mass is 16.2. The molecule has 2 aliphatic rings. The Hall–Kier alpha value is -0.570. The molecule has 2 N–H and O–H groups in total. The summed E-state index contributed by atoms with van der Waals surface area (Å²) in [5, 5.41) is 6.12. The first-order valence-corrected chi connectivity index (χ1v) is 7.56. The van der Waals surface area contributed by atoms with Gasteiger partial charge in [-0.2, -0.15) is 0 Å². The number of carbonyl (C=O) groups excluding carboxylic acids is 1. The van der Waals surface area contributed by atoms with E-state index < -0.39 is 0 Å². The number of piperidine rings is 1. The van der Waals surface area contributed by atoms with Gasteiger partial charge in [-0.15, -0.1) is 0 Å². The standard InChI is InChI=1S/C15H28N2O/c1-10-4-5-12(8-11(10)2)13-6-7-17-14(9-13)15(18)16-3/h10-14,17H,4-9H2,1-3H3,(H,16,18). The van der Waals surface area contributed by atoms with Crippen LogP contribution in [-0.4, -0.2) is 25.5 Å². The Kier molecular flexibility index (Phi) is 4.66. The van der Waals surface area contributed by atoms with E-state index in [4.69, 9.17) is 0 Å². The van der Waals surface area contributed by atoms with Gasteiger partial charge in [0.25, 0.3) is 0 Å². The zero-order valence-electron chi connectivity index (χ0n) is 12.0. The monoisotopic (exact) mass is 252 g/mol. The van der Waals surface area contributed by atoms with E-state index in [9.17, 15) is 4.79 Å². The van der Waals surface area contributed by atoms with Crippen molar-refractivity contribution in [3.05, 3.63) is 0 Å². The molecule has 1 saturated carbocycles. The van der Waals surface area contributed by atoms with Gasteiger partial charge in [0.05, 0.1) is 6.04 Å². The van der Waals surface area contributed by atoms with Crippen molar-refractivity contribution in [2.75, 3.05) is 13.6 Å². The van der Waals surface area contributed by atoms with Crippen LogP contribution in [0.15, 0.2) is 0 Å². The zero-order chi connectivity index (χ0) is 13.1. The summed E-state index contributed by atoms with van der Waals surface area (Å²) in [5.74, 6) is 3.51. The molecule has 1 saturated heterocycles. The van der Waals surface area contributed by atoms with E-state index in [0.29, 0.717) is 0 Å². The maximum atomic E-state index is 11.7. The van der Waals surface area contributed by atoms with Gasteiger partial charge in [0, 0.05) is 7.05 Å². The smallest absolute Gasteiger partial charge is 0.236 e. The van der Waals surface area contributed by atoms with Crippen LogP contribution in [0.3, 0.4) is 0 Å². The molecule has 0 bridgehead atoms. The van der Waals surface area contributed by atoms with Crippen molar-refractivity contribution < 1.29 is 4.79 Å². The molecule has 0 aromatic carbocycles. The number of nitrogens with one attached hydrogen (secondary N) is 2. The summed E-state index contributed by atoms with van der Waals surface area (Å²) in [6.45, 7) is 5.79. The molecule has 5 atom stereocenters. The molecule has 18 heavy (non-hydrogen) atoms. The molecular formula is C15H28N2O. The van der Waals surface area contributed by atoms with Crippen LogP contribution in [0.4, 0.5) is 0 Å². The Morgan fingerprint density at radius 2 is 1.78 bits per heavy atom. The first kappa shape index (κ1) is 13.9.